The van der Waals surface area contributed by atoms with E-state index in [-0.39, 0.29) is 18.7 Å². The lowest BCUT2D eigenvalue weighted by atomic mass is 10.2. The number of carbonyl (C=O) groups excluding carboxylic acids is 3. The minimum atomic E-state index is -0.946. The van der Waals surface area contributed by atoms with Gasteiger partial charge in [0.25, 0.3) is 0 Å². The molecule has 7 heteroatoms. The number of hydrogen-bond donors (Lipinski definition) is 0. The van der Waals surface area contributed by atoms with Crippen molar-refractivity contribution in [3.05, 3.63) is 69.9 Å². The maximum atomic E-state index is 13.9. The van der Waals surface area contributed by atoms with E-state index in [0.29, 0.717) is 4.47 Å². The van der Waals surface area contributed by atoms with Gasteiger partial charge in [0.1, 0.15) is 5.82 Å². The average Bonchev–Trinajstić information content (AvgIpc) is 2.76. The summed E-state index contributed by atoms with van der Waals surface area (Å²) in [7, 11) is 0. The highest BCUT2D eigenvalue weighted by molar-refractivity contribution is 9.10. The molecule has 0 saturated carbocycles. The summed E-state index contributed by atoms with van der Waals surface area (Å²) in [4.78, 5) is 38.2. The maximum absolute atomic E-state index is 13.9. The number of nitrogens with zero attached hydrogens (tertiary/aromatic N) is 2. The van der Waals surface area contributed by atoms with Crippen LogP contribution in [-0.2, 0) is 22.7 Å². The third-order valence-corrected chi connectivity index (χ3v) is 4.16. The van der Waals surface area contributed by atoms with Crippen molar-refractivity contribution in [2.24, 2.45) is 0 Å². The van der Waals surface area contributed by atoms with Crippen molar-refractivity contribution in [3.8, 4) is 0 Å². The van der Waals surface area contributed by atoms with Crippen LogP contribution in [0.15, 0.2) is 53.0 Å². The van der Waals surface area contributed by atoms with Crippen LogP contribution in [0, 0.1) is 5.82 Å². The quantitative estimate of drug-likeness (QED) is 0.595. The Morgan fingerprint density at radius 3 is 2.12 bits per heavy atom. The summed E-state index contributed by atoms with van der Waals surface area (Å²) in [6.07, 6.45) is 0. The lowest BCUT2D eigenvalue weighted by Gasteiger charge is -2.16. The zero-order chi connectivity index (χ0) is 17.3. The third kappa shape index (κ3) is 3.07. The van der Waals surface area contributed by atoms with E-state index in [1.54, 1.807) is 30.3 Å². The van der Waals surface area contributed by atoms with E-state index < -0.39 is 23.7 Å². The highest BCUT2D eigenvalue weighted by Gasteiger charge is 2.44. The van der Waals surface area contributed by atoms with E-state index in [9.17, 15) is 18.8 Å². The van der Waals surface area contributed by atoms with Crippen molar-refractivity contribution in [1.29, 1.82) is 0 Å². The van der Waals surface area contributed by atoms with Crippen LogP contribution in [0.5, 0.6) is 0 Å². The molecule has 0 radical (unpaired) electrons. The molecule has 0 bridgehead atoms. The molecule has 0 aliphatic carbocycles. The smallest absolute Gasteiger partial charge is 0.263 e. The minimum absolute atomic E-state index is 0.00354. The number of urea groups is 1. The van der Waals surface area contributed by atoms with Gasteiger partial charge in [-0.2, -0.15) is 0 Å². The lowest BCUT2D eigenvalue weighted by Crippen LogP contribution is -2.33. The molecule has 1 heterocycles. The minimum Gasteiger partial charge on any atom is -0.263 e. The summed E-state index contributed by atoms with van der Waals surface area (Å²) in [6, 6.07) is 12.4. The van der Waals surface area contributed by atoms with Gasteiger partial charge in [-0.15, -0.1) is 0 Å². The molecule has 0 spiro atoms. The van der Waals surface area contributed by atoms with Crippen LogP contribution in [-0.4, -0.2) is 27.6 Å². The fourth-order valence-electron chi connectivity index (χ4n) is 2.42. The first-order valence-electron chi connectivity index (χ1n) is 7.12. The molecule has 1 aliphatic rings. The van der Waals surface area contributed by atoms with Crippen LogP contribution in [0.3, 0.4) is 0 Å². The number of hydrogen-bond acceptors (Lipinski definition) is 3. The lowest BCUT2D eigenvalue weighted by molar-refractivity contribution is -0.143. The molecule has 2 aromatic carbocycles. The fourth-order valence-corrected chi connectivity index (χ4v) is 2.75. The van der Waals surface area contributed by atoms with Crippen LogP contribution < -0.4 is 0 Å². The Bertz CT molecular complexity index is 826. The van der Waals surface area contributed by atoms with E-state index in [1.807, 2.05) is 6.07 Å². The maximum Gasteiger partial charge on any atom is 0.334 e. The van der Waals surface area contributed by atoms with Gasteiger partial charge in [0, 0.05) is 10.0 Å². The van der Waals surface area contributed by atoms with E-state index in [1.165, 1.54) is 12.1 Å². The second-order valence-corrected chi connectivity index (χ2v) is 6.20. The van der Waals surface area contributed by atoms with Crippen molar-refractivity contribution >= 4 is 33.8 Å². The molecule has 3 rings (SSSR count). The van der Waals surface area contributed by atoms with Crippen molar-refractivity contribution in [2.75, 3.05) is 0 Å². The first-order valence-corrected chi connectivity index (χ1v) is 7.92. The van der Waals surface area contributed by atoms with Crippen LogP contribution in [0.1, 0.15) is 11.1 Å². The Morgan fingerprint density at radius 1 is 0.875 bits per heavy atom. The Labute approximate surface area is 145 Å². The number of rotatable bonds is 4. The van der Waals surface area contributed by atoms with Gasteiger partial charge in [0.05, 0.1) is 13.1 Å². The van der Waals surface area contributed by atoms with Gasteiger partial charge in [-0.05, 0) is 17.7 Å². The summed E-state index contributed by atoms with van der Waals surface area (Å²) in [5.41, 5.74) is 0.887. The van der Waals surface area contributed by atoms with Gasteiger partial charge in [0.2, 0.25) is 0 Å². The van der Waals surface area contributed by atoms with Crippen LogP contribution in [0.25, 0.3) is 0 Å². The summed E-state index contributed by atoms with van der Waals surface area (Å²) in [5.74, 6) is -2.40. The summed E-state index contributed by atoms with van der Waals surface area (Å²) in [5, 5.41) is 0. The van der Waals surface area contributed by atoms with Crippen LogP contribution in [0.4, 0.5) is 9.18 Å². The molecule has 5 nitrogen and oxygen atoms in total. The Balaban J connectivity index is 1.81. The van der Waals surface area contributed by atoms with Crippen molar-refractivity contribution in [1.82, 2.24) is 9.80 Å². The number of benzene rings is 2. The van der Waals surface area contributed by atoms with E-state index >= 15 is 0 Å². The van der Waals surface area contributed by atoms with Crippen LogP contribution >= 0.6 is 15.9 Å². The normalized spacial score (nSPS) is 14.7. The monoisotopic (exact) mass is 390 g/mol. The molecule has 4 amide bonds. The molecule has 1 fully saturated rings. The standard InChI is InChI=1S/C17H12BrFN2O3/c18-13-7-6-12(14(19)8-13)10-21-16(23)15(22)20(17(21)24)9-11-4-2-1-3-5-11/h1-8H,9-10H2. The highest BCUT2D eigenvalue weighted by Crippen LogP contribution is 2.21. The second-order valence-electron chi connectivity index (χ2n) is 5.29. The Kier molecular flexibility index (Phi) is 4.44. The molecule has 24 heavy (non-hydrogen) atoms. The second kappa shape index (κ2) is 6.52. The molecule has 0 aromatic heterocycles. The van der Waals surface area contributed by atoms with Crippen molar-refractivity contribution in [3.63, 3.8) is 0 Å². The first-order chi connectivity index (χ1) is 11.5. The highest BCUT2D eigenvalue weighted by atomic mass is 79.9. The van der Waals surface area contributed by atoms with E-state index in [4.69, 9.17) is 0 Å². The van der Waals surface area contributed by atoms with Gasteiger partial charge in [0.15, 0.2) is 0 Å². The largest absolute Gasteiger partial charge is 0.334 e. The number of amides is 4. The predicted molar refractivity (Wildman–Crippen MR) is 87.0 cm³/mol. The zero-order valence-corrected chi connectivity index (χ0v) is 14.0. The van der Waals surface area contributed by atoms with Crippen molar-refractivity contribution in [2.45, 2.75) is 13.1 Å². The molecule has 2 aromatic rings. The first kappa shape index (κ1) is 16.3. The number of imide groups is 2. The topological polar surface area (TPSA) is 57.7 Å². The molecule has 1 aliphatic heterocycles. The summed E-state index contributed by atoms with van der Waals surface area (Å²) >= 11 is 3.14. The average molecular weight is 391 g/mol. The molecule has 0 N–H and O–H groups in total. The van der Waals surface area contributed by atoms with Gasteiger partial charge in [-0.25, -0.2) is 9.18 Å². The van der Waals surface area contributed by atoms with E-state index in [2.05, 4.69) is 15.9 Å². The molecule has 0 unspecified atom stereocenters. The SMILES string of the molecule is O=C1C(=O)N(Cc2ccc(Br)cc2F)C(=O)N1Cc1ccccc1. The number of carbonyl (C=O) groups is 3. The van der Waals surface area contributed by atoms with Gasteiger partial charge in [-0.3, -0.25) is 19.4 Å². The molecule has 0 atom stereocenters. The molecular weight excluding hydrogens is 379 g/mol. The predicted octanol–water partition coefficient (Wildman–Crippen LogP) is 3.08. The number of halogens is 2. The van der Waals surface area contributed by atoms with Crippen molar-refractivity contribution < 1.29 is 18.8 Å². The van der Waals surface area contributed by atoms with Gasteiger partial charge < -0.3 is 0 Å². The molecule has 122 valence electrons. The molecular formula is C17H12BrFN2O3. The molecule has 1 saturated heterocycles. The van der Waals surface area contributed by atoms with Gasteiger partial charge >= 0.3 is 17.8 Å². The fraction of sp³-hybridized carbons (Fsp3) is 0.118. The third-order valence-electron chi connectivity index (χ3n) is 3.66. The van der Waals surface area contributed by atoms with E-state index in [0.717, 1.165) is 15.4 Å². The van der Waals surface area contributed by atoms with Gasteiger partial charge in [-0.1, -0.05) is 52.3 Å². The summed E-state index contributed by atoms with van der Waals surface area (Å²) < 4.78 is 14.5. The summed E-state index contributed by atoms with van der Waals surface area (Å²) in [6.45, 7) is -0.280. The van der Waals surface area contributed by atoms with Crippen LogP contribution in [0.2, 0.25) is 0 Å². The Hall–Kier alpha value is -2.54. The Morgan fingerprint density at radius 2 is 1.50 bits per heavy atom. The zero-order valence-electron chi connectivity index (χ0n) is 12.4.